The van der Waals surface area contributed by atoms with E-state index in [1.165, 1.54) is 4.57 Å². The number of nitrogens with zero attached hydrogens (tertiary/aromatic N) is 2. The van der Waals surface area contributed by atoms with Gasteiger partial charge in [-0.25, -0.2) is 4.79 Å². The molecule has 0 unspecified atom stereocenters. The molecule has 1 fully saturated rings. The molecule has 3 rings (SSSR count). The molecule has 4 atom stereocenters. The predicted molar refractivity (Wildman–Crippen MR) is 196 cm³/mol. The van der Waals surface area contributed by atoms with E-state index in [0.29, 0.717) is 16.7 Å². The van der Waals surface area contributed by atoms with Crippen LogP contribution in [0.2, 0.25) is 64.4 Å². The van der Waals surface area contributed by atoms with Crippen LogP contribution < -0.4 is 10.4 Å². The van der Waals surface area contributed by atoms with E-state index in [1.807, 2.05) is 0 Å². The van der Waals surface area contributed by atoms with Crippen molar-refractivity contribution in [2.75, 3.05) is 6.61 Å². The van der Waals surface area contributed by atoms with Gasteiger partial charge in [-0.2, -0.15) is 4.98 Å². The van der Waals surface area contributed by atoms with Crippen LogP contribution in [0.4, 0.5) is 0 Å². The lowest BCUT2D eigenvalue weighted by Gasteiger charge is -2.44. The molecule has 0 spiro atoms. The molecule has 0 aliphatic carbocycles. The molecule has 0 radical (unpaired) electrons. The van der Waals surface area contributed by atoms with Gasteiger partial charge in [0.25, 0.3) is 0 Å². The Morgan fingerprint density at radius 1 is 0.783 bits per heavy atom. The maximum atomic E-state index is 13.7. The smallest absolute Gasteiger partial charge is 0.353 e. The van der Waals surface area contributed by atoms with Crippen LogP contribution in [-0.4, -0.2) is 59.4 Å². The molecule has 1 aliphatic rings. The number of benzene rings is 1. The summed E-state index contributed by atoms with van der Waals surface area (Å²) in [6.45, 7) is 33.6. The molecule has 0 bridgehead atoms. The van der Waals surface area contributed by atoms with E-state index in [-0.39, 0.29) is 26.7 Å². The number of ether oxygens (including phenoxy) is 2. The molecule has 1 aliphatic heterocycles. The molecule has 0 amide bonds. The summed E-state index contributed by atoms with van der Waals surface area (Å²) < 4.78 is 35.2. The van der Waals surface area contributed by atoms with Gasteiger partial charge in [0.15, 0.2) is 36.9 Å². The first kappa shape index (κ1) is 39.4. The van der Waals surface area contributed by atoms with E-state index in [4.69, 9.17) is 46.0 Å². The molecule has 2 aromatic rings. The van der Waals surface area contributed by atoms with Gasteiger partial charge >= 0.3 is 5.69 Å². The number of hydrogen-bond donors (Lipinski definition) is 0. The summed E-state index contributed by atoms with van der Waals surface area (Å²) >= 11 is 12.6. The first-order valence-electron chi connectivity index (χ1n) is 16.0. The summed E-state index contributed by atoms with van der Waals surface area (Å²) in [6.07, 6.45) is -0.674. The Balaban J connectivity index is 2.12. The van der Waals surface area contributed by atoms with E-state index in [1.54, 1.807) is 30.5 Å². The van der Waals surface area contributed by atoms with Crippen molar-refractivity contribution in [1.29, 1.82) is 0 Å². The highest BCUT2D eigenvalue weighted by atomic mass is 35.5. The monoisotopic (exact) mass is 730 g/mol. The van der Waals surface area contributed by atoms with Crippen LogP contribution in [0.15, 0.2) is 35.3 Å². The fourth-order valence-electron chi connectivity index (χ4n) is 4.21. The minimum Gasteiger partial charge on any atom is -0.436 e. The average molecular weight is 732 g/mol. The van der Waals surface area contributed by atoms with Crippen LogP contribution in [0, 0.1) is 0 Å². The second-order valence-corrected chi connectivity index (χ2v) is 32.1. The topological polar surface area (TPSA) is 81.0 Å². The Kier molecular flexibility index (Phi) is 11.7. The van der Waals surface area contributed by atoms with Crippen molar-refractivity contribution in [3.8, 4) is 11.6 Å². The Labute approximate surface area is 289 Å². The Morgan fingerprint density at radius 3 is 1.72 bits per heavy atom. The second-order valence-electron chi connectivity index (χ2n) is 16.9. The molecule has 13 heteroatoms. The molecule has 2 heterocycles. The van der Waals surface area contributed by atoms with Gasteiger partial charge in [0.2, 0.25) is 5.88 Å². The molecule has 8 nitrogen and oxygen atoms in total. The third-order valence-electron chi connectivity index (χ3n) is 10.4. The van der Waals surface area contributed by atoms with Gasteiger partial charge in [-0.15, -0.1) is 0 Å². The van der Waals surface area contributed by atoms with Crippen LogP contribution in [0.5, 0.6) is 11.6 Å². The summed E-state index contributed by atoms with van der Waals surface area (Å²) in [5.74, 6) is 0.306. The van der Waals surface area contributed by atoms with Crippen molar-refractivity contribution in [3.05, 3.63) is 51.0 Å². The van der Waals surface area contributed by atoms with E-state index < -0.39 is 55.2 Å². The van der Waals surface area contributed by atoms with E-state index in [9.17, 15) is 4.79 Å². The van der Waals surface area contributed by atoms with Crippen molar-refractivity contribution in [3.63, 3.8) is 0 Å². The highest BCUT2D eigenvalue weighted by molar-refractivity contribution is 6.75. The minimum absolute atomic E-state index is 0.0130. The molecule has 0 N–H and O–H groups in total. The zero-order chi connectivity index (χ0) is 35.3. The lowest BCUT2D eigenvalue weighted by Crippen LogP contribution is -2.54. The van der Waals surface area contributed by atoms with Crippen LogP contribution in [0.3, 0.4) is 0 Å². The lowest BCUT2D eigenvalue weighted by molar-refractivity contribution is -0.0510. The van der Waals surface area contributed by atoms with Gasteiger partial charge in [0.1, 0.15) is 18.3 Å². The van der Waals surface area contributed by atoms with Crippen molar-refractivity contribution < 1.29 is 22.8 Å². The Hall–Kier alpha value is -1.03. The molecular weight excluding hydrogens is 676 g/mol. The van der Waals surface area contributed by atoms with Crippen LogP contribution >= 0.6 is 23.2 Å². The van der Waals surface area contributed by atoms with E-state index in [0.717, 1.165) is 0 Å². The van der Waals surface area contributed by atoms with Gasteiger partial charge in [0, 0.05) is 12.3 Å². The second kappa shape index (κ2) is 13.7. The maximum Gasteiger partial charge on any atom is 0.353 e. The Bertz CT molecular complexity index is 1410. The third kappa shape index (κ3) is 8.76. The fraction of sp³-hybridized carbons (Fsp3) is 0.697. The van der Waals surface area contributed by atoms with Gasteiger partial charge in [-0.3, -0.25) is 4.57 Å². The standard InChI is InChI=1S/C33H56Cl2N2O6Si3/c1-31(2,3)44(10,11)39-21-24-27(42-45(12,13)32(4,5)6)28(43-46(14,15)33(7,8)9)29(40-24)37-20-19-25(36-30(37)38)41-26-22(34)17-16-18-23(26)35/h16-20,24,27-29H,21H2,1-15H3/t24-,27-,28-,29-/m1/s1. The highest BCUT2D eigenvalue weighted by Crippen LogP contribution is 2.46. The maximum absolute atomic E-state index is 13.7. The molecule has 260 valence electrons. The zero-order valence-electron chi connectivity index (χ0n) is 30.5. The number of halogens is 2. The molecular formula is C33H56Cl2N2O6Si3. The first-order chi connectivity index (χ1) is 20.7. The number of aromatic nitrogens is 2. The van der Waals surface area contributed by atoms with Crippen molar-refractivity contribution in [2.24, 2.45) is 0 Å². The molecule has 46 heavy (non-hydrogen) atoms. The van der Waals surface area contributed by atoms with Crippen molar-refractivity contribution in [2.45, 2.75) is 141 Å². The number of para-hydroxylation sites is 1. The van der Waals surface area contributed by atoms with Gasteiger partial charge in [-0.05, 0) is 66.5 Å². The van der Waals surface area contributed by atoms with E-state index >= 15 is 0 Å². The summed E-state index contributed by atoms with van der Waals surface area (Å²) in [7, 11) is -6.85. The third-order valence-corrected chi connectivity index (χ3v) is 24.4. The number of hydrogen-bond acceptors (Lipinski definition) is 7. The van der Waals surface area contributed by atoms with Crippen LogP contribution in [0.1, 0.15) is 68.5 Å². The van der Waals surface area contributed by atoms with Gasteiger partial charge in [-0.1, -0.05) is 91.6 Å². The quantitative estimate of drug-likeness (QED) is 0.225. The summed E-state index contributed by atoms with van der Waals surface area (Å²) in [5.41, 5.74) is -0.549. The highest BCUT2D eigenvalue weighted by Gasteiger charge is 2.55. The SMILES string of the molecule is CC(C)(C)[Si](C)(C)OC[C@H]1O[C@@H](n2ccc(Oc3c(Cl)cccc3Cl)nc2=O)[C@H](O[Si](C)(C)C(C)(C)C)[C@@H]1O[Si](C)(C)C(C)(C)C. The molecule has 1 aromatic carbocycles. The lowest BCUT2D eigenvalue weighted by atomic mass is 10.1. The predicted octanol–water partition coefficient (Wildman–Crippen LogP) is 10.0. The van der Waals surface area contributed by atoms with Gasteiger partial charge in [0.05, 0.1) is 16.7 Å². The minimum atomic E-state index is -2.39. The van der Waals surface area contributed by atoms with Crippen molar-refractivity contribution in [1.82, 2.24) is 9.55 Å². The van der Waals surface area contributed by atoms with E-state index in [2.05, 4.69) is 107 Å². The largest absolute Gasteiger partial charge is 0.436 e. The summed E-state index contributed by atoms with van der Waals surface area (Å²) in [5, 5.41) is 0.490. The molecule has 1 saturated heterocycles. The number of rotatable bonds is 10. The fourth-order valence-corrected chi connectivity index (χ4v) is 8.30. The normalized spacial score (nSPS) is 21.9. The first-order valence-corrected chi connectivity index (χ1v) is 25.5. The van der Waals surface area contributed by atoms with Crippen molar-refractivity contribution >= 4 is 48.2 Å². The average Bonchev–Trinajstić information content (AvgIpc) is 3.18. The van der Waals surface area contributed by atoms with Gasteiger partial charge < -0.3 is 22.8 Å². The summed E-state index contributed by atoms with van der Waals surface area (Å²) in [4.78, 5) is 18.0. The zero-order valence-corrected chi connectivity index (χ0v) is 35.0. The van der Waals surface area contributed by atoms with Crippen LogP contribution in [0.25, 0.3) is 0 Å². The summed E-state index contributed by atoms with van der Waals surface area (Å²) in [6, 6.07) is 6.65. The Morgan fingerprint density at radius 2 is 1.26 bits per heavy atom. The molecule has 0 saturated carbocycles. The molecule has 1 aromatic heterocycles. The van der Waals surface area contributed by atoms with Crippen LogP contribution in [-0.2, 0) is 18.0 Å².